The summed E-state index contributed by atoms with van der Waals surface area (Å²) in [6.07, 6.45) is 5.89. The lowest BCUT2D eigenvalue weighted by Gasteiger charge is -2.33. The number of guanidine groups is 2. The number of amides is 6. The number of nitrogens with one attached hydrogen (secondary N) is 6. The average molecular weight is 913 g/mol. The van der Waals surface area contributed by atoms with Gasteiger partial charge in [0.2, 0.25) is 35.4 Å². The molecule has 1 aliphatic rings. The summed E-state index contributed by atoms with van der Waals surface area (Å²) in [5.74, 6) is -2.87. The van der Waals surface area contributed by atoms with E-state index in [9.17, 15) is 33.9 Å². The van der Waals surface area contributed by atoms with Gasteiger partial charge in [0.1, 0.15) is 29.9 Å². The third-order valence-electron chi connectivity index (χ3n) is 11.2. The van der Waals surface area contributed by atoms with Crippen molar-refractivity contribution in [2.24, 2.45) is 27.2 Å². The second-order valence-corrected chi connectivity index (χ2v) is 16.5. The van der Waals surface area contributed by atoms with Crippen molar-refractivity contribution in [2.45, 2.75) is 109 Å². The standard InChI is InChI=1S/C47H68N12O7/c1-31-42(63)57-38(15-12-25-52-46(48)49)44(65)58-39(29-34-16-19-35-13-6-7-14-36(35)27-34)43(64)55-30-41(62)56-40(28-33-17-20-37(61)21-18-33)45(66)59(31)26-11-4-3-8-23-53-47(50)54-24-10-5-9-22-51-32(2)60/h6-7,13-14,16-21,27,31,38-40,61H,3-5,8-12,15,22-26,28-30H2,1-2H3,(H,51,60)(H,55,64)(H,56,62)(H,57,63)(H,58,65)(H4,48,49,52)(H3,50,53,54)/t31-,38+,39+,40-/m1/s1. The van der Waals surface area contributed by atoms with Crippen LogP contribution in [0.15, 0.2) is 76.7 Å². The van der Waals surface area contributed by atoms with Crippen LogP contribution in [0, 0.1) is 0 Å². The third kappa shape index (κ3) is 18.3. The quantitative estimate of drug-likeness (QED) is 0.0408. The number of carbonyl (C=O) groups excluding carboxylic acids is 6. The van der Waals surface area contributed by atoms with E-state index < -0.39 is 60.2 Å². The Morgan fingerprint density at radius 2 is 1.33 bits per heavy atom. The van der Waals surface area contributed by atoms with E-state index in [-0.39, 0.29) is 50.0 Å². The SMILES string of the molecule is CC(=O)NCCCCCN=C(N)NCCCCCCN1C(=O)[C@@H](Cc2ccc(O)cc2)NC(=O)CNC(=O)[C@H](Cc2ccc3ccccc3c2)NC(=O)[C@H](CCCN=C(N)N)NC(=O)[C@H]1C. The molecule has 4 atom stereocenters. The minimum Gasteiger partial charge on any atom is -0.508 e. The summed E-state index contributed by atoms with van der Waals surface area (Å²) < 4.78 is 0. The molecule has 4 rings (SSSR count). The van der Waals surface area contributed by atoms with Crippen LogP contribution in [-0.4, -0.2) is 121 Å². The zero-order chi connectivity index (χ0) is 47.8. The van der Waals surface area contributed by atoms with Gasteiger partial charge in [-0.2, -0.15) is 0 Å². The van der Waals surface area contributed by atoms with Gasteiger partial charge in [-0.3, -0.25) is 38.8 Å². The van der Waals surface area contributed by atoms with Crippen LogP contribution in [0.4, 0.5) is 0 Å². The first-order valence-corrected chi connectivity index (χ1v) is 22.8. The molecule has 0 aromatic heterocycles. The van der Waals surface area contributed by atoms with Crippen molar-refractivity contribution in [3.05, 3.63) is 77.9 Å². The molecule has 0 saturated carbocycles. The van der Waals surface area contributed by atoms with Crippen LogP contribution in [0.1, 0.15) is 82.8 Å². The number of hydrogen-bond donors (Lipinski definition) is 10. The maximum absolute atomic E-state index is 14.6. The lowest BCUT2D eigenvalue weighted by atomic mass is 10.0. The molecule has 0 aliphatic carbocycles. The van der Waals surface area contributed by atoms with Gasteiger partial charge in [-0.1, -0.05) is 67.4 Å². The van der Waals surface area contributed by atoms with Gasteiger partial charge in [0.05, 0.1) is 6.54 Å². The summed E-state index contributed by atoms with van der Waals surface area (Å²) in [7, 11) is 0. The highest BCUT2D eigenvalue weighted by Gasteiger charge is 2.35. The molecule has 1 fully saturated rings. The second-order valence-electron chi connectivity index (χ2n) is 16.5. The van der Waals surface area contributed by atoms with Gasteiger partial charge in [0.25, 0.3) is 0 Å². The molecule has 19 heteroatoms. The van der Waals surface area contributed by atoms with Gasteiger partial charge in [-0.05, 0) is 85.9 Å². The van der Waals surface area contributed by atoms with Gasteiger partial charge in [0, 0.05) is 52.5 Å². The van der Waals surface area contributed by atoms with Gasteiger partial charge in [-0.15, -0.1) is 0 Å². The third-order valence-corrected chi connectivity index (χ3v) is 11.2. The molecule has 3 aromatic carbocycles. The lowest BCUT2D eigenvalue weighted by molar-refractivity contribution is -0.143. The largest absolute Gasteiger partial charge is 0.508 e. The van der Waals surface area contributed by atoms with E-state index in [1.54, 1.807) is 19.1 Å². The van der Waals surface area contributed by atoms with Crippen LogP contribution in [-0.2, 0) is 41.6 Å². The molecule has 0 unspecified atom stereocenters. The normalized spacial score (nSPS) is 18.8. The van der Waals surface area contributed by atoms with E-state index >= 15 is 0 Å². The van der Waals surface area contributed by atoms with Gasteiger partial charge in [0.15, 0.2) is 11.9 Å². The number of fused-ring (bicyclic) bond motifs is 1. The first-order chi connectivity index (χ1) is 31.7. The molecule has 0 bridgehead atoms. The summed E-state index contributed by atoms with van der Waals surface area (Å²) in [6.45, 7) is 4.70. The van der Waals surface area contributed by atoms with Crippen LogP contribution in [0.5, 0.6) is 5.75 Å². The summed E-state index contributed by atoms with van der Waals surface area (Å²) in [6, 6.07) is 15.1. The number of nitrogens with two attached hydrogens (primary N) is 3. The minimum absolute atomic E-state index is 0.0212. The van der Waals surface area contributed by atoms with Crippen LogP contribution in [0.3, 0.4) is 0 Å². The molecule has 1 aliphatic heterocycles. The van der Waals surface area contributed by atoms with Crippen molar-refractivity contribution >= 4 is 58.1 Å². The first kappa shape index (κ1) is 51.7. The highest BCUT2D eigenvalue weighted by atomic mass is 16.3. The molecule has 0 radical (unpaired) electrons. The van der Waals surface area contributed by atoms with E-state index in [4.69, 9.17) is 17.2 Å². The Morgan fingerprint density at radius 3 is 2.06 bits per heavy atom. The predicted molar refractivity (Wildman–Crippen MR) is 255 cm³/mol. The topological polar surface area (TPSA) is 301 Å². The number of carbonyl (C=O) groups is 6. The van der Waals surface area contributed by atoms with E-state index in [0.29, 0.717) is 50.4 Å². The molecule has 66 heavy (non-hydrogen) atoms. The van der Waals surface area contributed by atoms with E-state index in [2.05, 4.69) is 41.9 Å². The van der Waals surface area contributed by atoms with Gasteiger partial charge >= 0.3 is 0 Å². The van der Waals surface area contributed by atoms with Gasteiger partial charge in [-0.25, -0.2) is 0 Å². The smallest absolute Gasteiger partial charge is 0.246 e. The number of phenolic OH excluding ortho intramolecular Hbond substituents is 1. The molecule has 0 spiro atoms. The van der Waals surface area contributed by atoms with Crippen LogP contribution in [0.2, 0.25) is 0 Å². The Bertz CT molecular complexity index is 2140. The number of hydrogen-bond acceptors (Lipinski definition) is 9. The molecule has 6 amide bonds. The molecule has 1 saturated heterocycles. The maximum Gasteiger partial charge on any atom is 0.246 e. The lowest BCUT2D eigenvalue weighted by Crippen LogP contribution is -2.58. The monoisotopic (exact) mass is 913 g/mol. The van der Waals surface area contributed by atoms with Crippen molar-refractivity contribution in [3.8, 4) is 5.75 Å². The van der Waals surface area contributed by atoms with E-state index in [1.807, 2.05) is 42.5 Å². The number of aromatic hydroxyl groups is 1. The molecule has 13 N–H and O–H groups in total. The minimum atomic E-state index is -1.16. The van der Waals surface area contributed by atoms with E-state index in [0.717, 1.165) is 48.4 Å². The van der Waals surface area contributed by atoms with Crippen LogP contribution in [0.25, 0.3) is 10.8 Å². The van der Waals surface area contributed by atoms with Crippen LogP contribution >= 0.6 is 0 Å². The first-order valence-electron chi connectivity index (χ1n) is 22.8. The van der Waals surface area contributed by atoms with Crippen molar-refractivity contribution in [1.82, 2.24) is 36.8 Å². The number of nitrogens with zero attached hydrogens (tertiary/aromatic N) is 3. The number of aliphatic imine (C=N–C) groups is 2. The van der Waals surface area contributed by atoms with E-state index in [1.165, 1.54) is 24.0 Å². The Hall–Kier alpha value is -6.92. The molecular formula is C47H68N12O7. The highest BCUT2D eigenvalue weighted by molar-refractivity contribution is 5.97. The Morgan fingerprint density at radius 1 is 0.697 bits per heavy atom. The Balaban J connectivity index is 1.52. The fourth-order valence-electron chi connectivity index (χ4n) is 7.50. The number of benzene rings is 3. The molecular weight excluding hydrogens is 845 g/mol. The number of rotatable bonds is 21. The second kappa shape index (κ2) is 27.4. The van der Waals surface area contributed by atoms with Crippen LogP contribution < -0.4 is 49.1 Å². The zero-order valence-corrected chi connectivity index (χ0v) is 38.2. The van der Waals surface area contributed by atoms with Crippen molar-refractivity contribution in [3.63, 3.8) is 0 Å². The highest BCUT2D eigenvalue weighted by Crippen LogP contribution is 2.18. The summed E-state index contributed by atoms with van der Waals surface area (Å²) >= 11 is 0. The Labute approximate surface area is 386 Å². The van der Waals surface area contributed by atoms with Crippen molar-refractivity contribution in [2.75, 3.05) is 39.3 Å². The zero-order valence-electron chi connectivity index (χ0n) is 38.2. The summed E-state index contributed by atoms with van der Waals surface area (Å²) in [4.78, 5) is 91.3. The van der Waals surface area contributed by atoms with Crippen molar-refractivity contribution < 1.29 is 33.9 Å². The average Bonchev–Trinajstić information content (AvgIpc) is 3.29. The molecule has 358 valence electrons. The maximum atomic E-state index is 14.6. The van der Waals surface area contributed by atoms with Crippen molar-refractivity contribution in [1.29, 1.82) is 0 Å². The fourth-order valence-corrected chi connectivity index (χ4v) is 7.50. The molecule has 3 aromatic rings. The molecule has 19 nitrogen and oxygen atoms in total. The summed E-state index contributed by atoms with van der Waals surface area (Å²) in [5.41, 5.74) is 18.5. The summed E-state index contributed by atoms with van der Waals surface area (Å²) in [5, 5.41) is 28.9. The number of phenols is 1. The molecule has 1 heterocycles. The number of unbranched alkanes of at least 4 members (excludes halogenated alkanes) is 5. The Kier molecular flexibility index (Phi) is 21.5. The van der Waals surface area contributed by atoms with Gasteiger partial charge < -0.3 is 59.1 Å². The predicted octanol–water partition coefficient (Wildman–Crippen LogP) is 0.957. The fraction of sp³-hybridized carbons (Fsp3) is 0.489.